The number of nitrogens with zero attached hydrogens (tertiary/aromatic N) is 2. The van der Waals surface area contributed by atoms with Crippen molar-refractivity contribution in [3.63, 3.8) is 0 Å². The number of carbonyl (C=O) groups excluding carboxylic acids is 7. The fraction of sp³-hybridized carbons (Fsp3) is 0.333. The van der Waals surface area contributed by atoms with Crippen molar-refractivity contribution in [2.24, 2.45) is 0 Å². The fourth-order valence-corrected chi connectivity index (χ4v) is 3.62. The molecule has 2 heterocycles. The van der Waals surface area contributed by atoms with Crippen molar-refractivity contribution in [2.45, 2.75) is 38.1 Å². The van der Waals surface area contributed by atoms with Gasteiger partial charge in [0.1, 0.15) is 6.04 Å². The Balaban J connectivity index is 1.45. The summed E-state index contributed by atoms with van der Waals surface area (Å²) in [5, 5.41) is 14.3. The summed E-state index contributed by atoms with van der Waals surface area (Å²) < 4.78 is 0. The molecule has 3 N–H and O–H groups in total. The molecule has 0 bridgehead atoms. The number of benzene rings is 1. The molecule has 6 amide bonds. The molecule has 0 aliphatic carbocycles. The number of carbonyl (C=O) groups is 8. The average Bonchev–Trinajstić information content (AvgIpc) is 3.38. The van der Waals surface area contributed by atoms with E-state index in [4.69, 9.17) is 4.84 Å². The molecular weight excluding hydrogens is 504 g/mol. The molecular formula is C24H24N4O10. The lowest BCUT2D eigenvalue weighted by atomic mass is 10.1. The van der Waals surface area contributed by atoms with Crippen LogP contribution in [0.25, 0.3) is 0 Å². The van der Waals surface area contributed by atoms with Gasteiger partial charge in [-0.25, -0.2) is 9.59 Å². The highest BCUT2D eigenvalue weighted by Crippen LogP contribution is 2.15. The molecule has 14 nitrogen and oxygen atoms in total. The highest BCUT2D eigenvalue weighted by molar-refractivity contribution is 6.12. The lowest BCUT2D eigenvalue weighted by Gasteiger charge is -2.16. The van der Waals surface area contributed by atoms with Crippen LogP contribution >= 0.6 is 0 Å². The zero-order valence-corrected chi connectivity index (χ0v) is 20.0. The maximum Gasteiger partial charge on any atom is 0.363 e. The molecule has 0 spiro atoms. The fourth-order valence-electron chi connectivity index (χ4n) is 3.62. The first-order valence-corrected chi connectivity index (χ1v) is 11.6. The second-order valence-electron chi connectivity index (χ2n) is 8.34. The normalized spacial score (nSPS) is 15.6. The number of carboxylic acids is 1. The van der Waals surface area contributed by atoms with E-state index in [-0.39, 0.29) is 36.9 Å². The Labute approximate surface area is 215 Å². The van der Waals surface area contributed by atoms with E-state index in [2.05, 4.69) is 10.6 Å². The van der Waals surface area contributed by atoms with Gasteiger partial charge in [0.2, 0.25) is 5.91 Å². The molecule has 0 aromatic heterocycles. The number of imide groups is 2. The topological polar surface area (TPSA) is 197 Å². The van der Waals surface area contributed by atoms with E-state index in [0.29, 0.717) is 17.9 Å². The van der Waals surface area contributed by atoms with Gasteiger partial charge in [-0.05, 0) is 37.5 Å². The molecule has 14 heteroatoms. The highest BCUT2D eigenvalue weighted by atomic mass is 16.7. The highest BCUT2D eigenvalue weighted by Gasteiger charge is 2.33. The van der Waals surface area contributed by atoms with Crippen LogP contribution in [-0.2, 0) is 33.6 Å². The Hall–Kier alpha value is -4.88. The van der Waals surface area contributed by atoms with Gasteiger partial charge < -0.3 is 20.6 Å². The smallest absolute Gasteiger partial charge is 0.363 e. The minimum atomic E-state index is -1.29. The zero-order valence-electron chi connectivity index (χ0n) is 20.0. The van der Waals surface area contributed by atoms with E-state index < -0.39 is 60.0 Å². The van der Waals surface area contributed by atoms with Crippen LogP contribution < -0.4 is 10.6 Å². The Bertz CT molecular complexity index is 1190. The van der Waals surface area contributed by atoms with E-state index in [1.807, 2.05) is 0 Å². The summed E-state index contributed by atoms with van der Waals surface area (Å²) >= 11 is 0. The summed E-state index contributed by atoms with van der Waals surface area (Å²) in [4.78, 5) is 101. The van der Waals surface area contributed by atoms with Crippen LogP contribution in [0.15, 0.2) is 36.4 Å². The third kappa shape index (κ3) is 7.09. The Morgan fingerprint density at radius 1 is 0.947 bits per heavy atom. The molecule has 0 radical (unpaired) electrons. The maximum absolute atomic E-state index is 12.4. The van der Waals surface area contributed by atoms with Gasteiger partial charge in [-0.3, -0.25) is 33.7 Å². The number of aliphatic carboxylic acids is 1. The van der Waals surface area contributed by atoms with Crippen molar-refractivity contribution < 1.29 is 48.3 Å². The first kappa shape index (κ1) is 27.7. The van der Waals surface area contributed by atoms with Gasteiger partial charge in [-0.1, -0.05) is 6.07 Å². The van der Waals surface area contributed by atoms with Gasteiger partial charge >= 0.3 is 11.9 Å². The molecule has 3 rings (SSSR count). The molecule has 1 unspecified atom stereocenters. The molecule has 0 saturated carbocycles. The van der Waals surface area contributed by atoms with Gasteiger partial charge in [0.25, 0.3) is 29.5 Å². The number of hydroxylamine groups is 2. The van der Waals surface area contributed by atoms with Crippen molar-refractivity contribution >= 4 is 47.4 Å². The molecule has 2 aliphatic heterocycles. The predicted molar refractivity (Wildman–Crippen MR) is 125 cm³/mol. The summed E-state index contributed by atoms with van der Waals surface area (Å²) in [5.41, 5.74) is -0.143. The number of hydrogen-bond donors (Lipinski definition) is 3. The van der Waals surface area contributed by atoms with E-state index >= 15 is 0 Å². The maximum atomic E-state index is 12.4. The summed E-state index contributed by atoms with van der Waals surface area (Å²) in [6.07, 6.45) is 2.84. The summed E-state index contributed by atoms with van der Waals surface area (Å²) in [7, 11) is 0. The van der Waals surface area contributed by atoms with Crippen LogP contribution in [0.1, 0.15) is 52.8 Å². The second-order valence-corrected chi connectivity index (χ2v) is 8.34. The molecule has 1 saturated heterocycles. The molecule has 1 fully saturated rings. The first-order valence-electron chi connectivity index (χ1n) is 11.6. The minimum Gasteiger partial charge on any atom is -0.480 e. The van der Waals surface area contributed by atoms with Crippen molar-refractivity contribution in [3.05, 3.63) is 47.5 Å². The largest absolute Gasteiger partial charge is 0.480 e. The van der Waals surface area contributed by atoms with Gasteiger partial charge in [0.05, 0.1) is 12.1 Å². The first-order chi connectivity index (χ1) is 18.1. The van der Waals surface area contributed by atoms with E-state index in [1.54, 1.807) is 0 Å². The summed E-state index contributed by atoms with van der Waals surface area (Å²) in [6, 6.07) is 3.91. The van der Waals surface area contributed by atoms with Crippen molar-refractivity contribution in [1.29, 1.82) is 0 Å². The number of unbranched alkanes of at least 4 members (excludes halogenated alkanes) is 1. The molecule has 1 atom stereocenters. The van der Waals surface area contributed by atoms with Crippen molar-refractivity contribution in [2.75, 3.05) is 13.1 Å². The van der Waals surface area contributed by atoms with E-state index in [0.717, 1.165) is 23.1 Å². The number of hydrogen-bond acceptors (Lipinski definition) is 9. The van der Waals surface area contributed by atoms with Crippen LogP contribution in [0.2, 0.25) is 0 Å². The van der Waals surface area contributed by atoms with Crippen LogP contribution in [0.5, 0.6) is 0 Å². The average molecular weight is 528 g/mol. The lowest BCUT2D eigenvalue weighted by Crippen LogP contribution is -2.45. The molecule has 2 aliphatic rings. The quantitative estimate of drug-likeness (QED) is 0.230. The van der Waals surface area contributed by atoms with Gasteiger partial charge in [-0.2, -0.15) is 0 Å². The standard InChI is InChI=1S/C24H24N4O10/c29-17(26-16(23(35)36)6-1-2-11-27-18(30)7-8-19(27)31)13-25-22(34)14-4-3-5-15(12-14)24(37)38-28-20(32)9-10-21(28)33/h3-5,7-8,12,16H,1-2,6,9-11,13H2,(H,25,34)(H,26,29)(H,35,36). The SMILES string of the molecule is O=C(CNC(=O)c1cccc(C(=O)ON2C(=O)CCC2=O)c1)NC(CCCCN1C(=O)C=CC1=O)C(=O)O. The van der Waals surface area contributed by atoms with Crippen molar-refractivity contribution in [3.8, 4) is 0 Å². The predicted octanol–water partition coefficient (Wildman–Crippen LogP) is -0.698. The minimum absolute atomic E-state index is 0.0263. The van der Waals surface area contributed by atoms with Crippen LogP contribution in [0.3, 0.4) is 0 Å². The van der Waals surface area contributed by atoms with Crippen LogP contribution in [-0.4, -0.2) is 81.6 Å². The van der Waals surface area contributed by atoms with Crippen molar-refractivity contribution in [1.82, 2.24) is 20.6 Å². The van der Waals surface area contributed by atoms with Crippen LogP contribution in [0, 0.1) is 0 Å². The third-order valence-electron chi connectivity index (χ3n) is 5.61. The van der Waals surface area contributed by atoms with Gasteiger partial charge in [0, 0.05) is 37.1 Å². The molecule has 38 heavy (non-hydrogen) atoms. The molecule has 1 aromatic carbocycles. The summed E-state index contributed by atoms with van der Waals surface area (Å²) in [6.45, 7) is -0.436. The lowest BCUT2D eigenvalue weighted by molar-refractivity contribution is -0.172. The Kier molecular flexibility index (Phi) is 9.03. The zero-order chi connectivity index (χ0) is 27.8. The number of nitrogens with one attached hydrogen (secondary N) is 2. The van der Waals surface area contributed by atoms with E-state index in [9.17, 15) is 43.5 Å². The van der Waals surface area contributed by atoms with E-state index in [1.165, 1.54) is 18.2 Å². The van der Waals surface area contributed by atoms with Gasteiger partial charge in [0.15, 0.2) is 0 Å². The summed E-state index contributed by atoms with van der Waals surface area (Å²) in [5.74, 6) is -6.03. The number of carboxylic acid groups (broad SMARTS) is 1. The van der Waals surface area contributed by atoms with Gasteiger partial charge in [-0.15, -0.1) is 5.06 Å². The number of amides is 6. The molecule has 200 valence electrons. The molecule has 1 aromatic rings. The number of rotatable bonds is 12. The second kappa shape index (κ2) is 12.4. The Morgan fingerprint density at radius 2 is 1.58 bits per heavy atom. The Morgan fingerprint density at radius 3 is 2.21 bits per heavy atom. The monoisotopic (exact) mass is 528 g/mol. The van der Waals surface area contributed by atoms with Crippen LogP contribution in [0.4, 0.5) is 0 Å². The third-order valence-corrected chi connectivity index (χ3v) is 5.61.